The van der Waals surface area contributed by atoms with Gasteiger partial charge < -0.3 is 14.7 Å². The second kappa shape index (κ2) is 16.0. The molecule has 1 aromatic heterocycles. The van der Waals surface area contributed by atoms with Crippen LogP contribution in [0.2, 0.25) is 5.15 Å². The minimum absolute atomic E-state index is 0.105. The number of nitrogens with zero attached hydrogens (tertiary/aromatic N) is 5. The number of likely N-dealkylation sites (tertiary alicyclic amines) is 1. The summed E-state index contributed by atoms with van der Waals surface area (Å²) in [6.07, 6.45) is 10.9. The fourth-order valence-corrected chi connectivity index (χ4v) is 5.31. The molecule has 0 radical (unpaired) electrons. The number of pyridine rings is 1. The number of aromatic nitrogens is 1. The van der Waals surface area contributed by atoms with Gasteiger partial charge in [-0.15, -0.1) is 0 Å². The van der Waals surface area contributed by atoms with Crippen molar-refractivity contribution in [2.24, 2.45) is 10.9 Å². The van der Waals surface area contributed by atoms with Crippen LogP contribution < -0.4 is 10.4 Å². The Hall–Kier alpha value is -2.14. The molecule has 0 bridgehead atoms. The molecule has 206 valence electrons. The Labute approximate surface area is 228 Å². The quantitative estimate of drug-likeness (QED) is 0.357. The normalized spacial score (nSPS) is 24.5. The third-order valence-corrected chi connectivity index (χ3v) is 7.72. The maximum absolute atomic E-state index is 9.19. The van der Waals surface area contributed by atoms with Crippen LogP contribution in [-0.4, -0.2) is 71.2 Å². The van der Waals surface area contributed by atoms with Gasteiger partial charge >= 0.3 is 0 Å². The van der Waals surface area contributed by atoms with Crippen LogP contribution in [0.15, 0.2) is 11.2 Å². The molecule has 8 heteroatoms. The van der Waals surface area contributed by atoms with E-state index < -0.39 is 0 Å². The van der Waals surface area contributed by atoms with Crippen LogP contribution in [-0.2, 0) is 4.74 Å². The number of methoxy groups -OCH3 is 1. The topological polar surface area (TPSA) is 85.0 Å². The number of rotatable bonds is 3. The molecule has 1 aromatic rings. The zero-order valence-corrected chi connectivity index (χ0v) is 24.2. The number of nitriles is 1. The molecule has 0 spiro atoms. The van der Waals surface area contributed by atoms with E-state index in [9.17, 15) is 5.26 Å². The van der Waals surface area contributed by atoms with Gasteiger partial charge in [-0.3, -0.25) is 4.90 Å². The van der Waals surface area contributed by atoms with Gasteiger partial charge in [-0.1, -0.05) is 38.4 Å². The maximum Gasteiger partial charge on any atom is 0.186 e. The minimum Gasteiger partial charge on any atom is -0.484 e. The highest BCUT2D eigenvalue weighted by Crippen LogP contribution is 2.31. The molecule has 3 fully saturated rings. The van der Waals surface area contributed by atoms with Crippen molar-refractivity contribution >= 4 is 29.9 Å². The highest BCUT2D eigenvalue weighted by atomic mass is 35.5. The first kappa shape index (κ1) is 31.1. The van der Waals surface area contributed by atoms with Crippen LogP contribution in [0.25, 0.3) is 12.4 Å². The fraction of sp³-hybridized carbons (Fsp3) is 0.690. The first-order valence-corrected chi connectivity index (χ1v) is 14.1. The van der Waals surface area contributed by atoms with Crippen LogP contribution >= 0.6 is 11.6 Å². The predicted octanol–water partition coefficient (Wildman–Crippen LogP) is 4.23. The molecule has 0 saturated carbocycles. The maximum atomic E-state index is 9.19. The average Bonchev–Trinajstić information content (AvgIpc) is 3.44. The van der Waals surface area contributed by atoms with E-state index >= 15 is 0 Å². The highest BCUT2D eigenvalue weighted by molar-refractivity contribution is 6.30. The van der Waals surface area contributed by atoms with Crippen molar-refractivity contribution in [3.8, 4) is 6.07 Å². The minimum atomic E-state index is 0.105. The lowest BCUT2D eigenvalue weighted by molar-refractivity contribution is 0.155. The fourth-order valence-electron chi connectivity index (χ4n) is 5.14. The molecule has 0 aromatic carbocycles. The van der Waals surface area contributed by atoms with Crippen LogP contribution in [0.1, 0.15) is 77.7 Å². The summed E-state index contributed by atoms with van der Waals surface area (Å²) in [5, 5.41) is 20.3. The van der Waals surface area contributed by atoms with E-state index in [0.29, 0.717) is 23.7 Å². The van der Waals surface area contributed by atoms with Gasteiger partial charge in [0.05, 0.1) is 19.8 Å². The molecule has 3 atom stereocenters. The Balaban J connectivity index is 0.000000303. The predicted molar refractivity (Wildman–Crippen MR) is 153 cm³/mol. The van der Waals surface area contributed by atoms with E-state index in [4.69, 9.17) is 21.4 Å². The largest absolute Gasteiger partial charge is 0.484 e. The third-order valence-electron chi connectivity index (χ3n) is 7.34. The zero-order chi connectivity index (χ0) is 27.4. The molecule has 4 heterocycles. The number of ether oxygens (including phenoxy) is 1. The Kier molecular flexibility index (Phi) is 13.4. The summed E-state index contributed by atoms with van der Waals surface area (Å²) >= 11 is 6.10. The van der Waals surface area contributed by atoms with Crippen LogP contribution in [0.3, 0.4) is 0 Å². The van der Waals surface area contributed by atoms with Crippen molar-refractivity contribution in [1.82, 2.24) is 14.8 Å². The molecule has 37 heavy (non-hydrogen) atoms. The highest BCUT2D eigenvalue weighted by Gasteiger charge is 2.35. The monoisotopic (exact) mass is 531 g/mol. The van der Waals surface area contributed by atoms with Gasteiger partial charge in [-0.05, 0) is 69.2 Å². The van der Waals surface area contributed by atoms with Crippen molar-refractivity contribution < 1.29 is 9.84 Å². The lowest BCUT2D eigenvalue weighted by atomic mass is 10.0. The molecule has 3 aliphatic rings. The lowest BCUT2D eigenvalue weighted by Gasteiger charge is -2.23. The van der Waals surface area contributed by atoms with Gasteiger partial charge in [0.15, 0.2) is 5.90 Å². The van der Waals surface area contributed by atoms with Crippen molar-refractivity contribution in [1.29, 1.82) is 5.26 Å². The van der Waals surface area contributed by atoms with E-state index in [0.717, 1.165) is 60.2 Å². The van der Waals surface area contributed by atoms with Gasteiger partial charge in [0.2, 0.25) is 0 Å². The lowest BCUT2D eigenvalue weighted by Crippen LogP contribution is -2.36. The summed E-state index contributed by atoms with van der Waals surface area (Å²) in [7, 11) is 1.60. The zero-order valence-electron chi connectivity index (χ0n) is 23.5. The van der Waals surface area contributed by atoms with Crippen molar-refractivity contribution in [2.75, 3.05) is 33.4 Å². The van der Waals surface area contributed by atoms with Gasteiger partial charge in [-0.25, -0.2) is 4.98 Å². The Bertz CT molecular complexity index is 1040. The first-order valence-electron chi connectivity index (χ1n) is 13.8. The van der Waals surface area contributed by atoms with Crippen LogP contribution in [0.5, 0.6) is 0 Å². The molecular weight excluding hydrogens is 486 g/mol. The average molecular weight is 532 g/mol. The first-order chi connectivity index (χ1) is 17.8. The molecule has 7 nitrogen and oxygen atoms in total. The number of aliphatic imine (C=N–C) groups is 1. The molecule has 0 amide bonds. The summed E-state index contributed by atoms with van der Waals surface area (Å²) in [5.74, 6) is 1.45. The summed E-state index contributed by atoms with van der Waals surface area (Å²) in [6, 6.07) is 3.72. The van der Waals surface area contributed by atoms with E-state index in [1.807, 2.05) is 13.8 Å². The van der Waals surface area contributed by atoms with E-state index in [1.54, 1.807) is 13.3 Å². The van der Waals surface area contributed by atoms with Crippen molar-refractivity contribution in [2.45, 2.75) is 91.1 Å². The van der Waals surface area contributed by atoms with Gasteiger partial charge in [0, 0.05) is 49.4 Å². The summed E-state index contributed by atoms with van der Waals surface area (Å²) in [5.41, 5.74) is 0.849. The number of fused-ring (bicyclic) bond motifs is 1. The third kappa shape index (κ3) is 8.70. The second-order valence-electron chi connectivity index (χ2n) is 10.1. The van der Waals surface area contributed by atoms with Gasteiger partial charge in [0.25, 0.3) is 0 Å². The van der Waals surface area contributed by atoms with E-state index in [2.05, 4.69) is 46.3 Å². The molecule has 1 N–H and O–H groups in total. The Morgan fingerprint density at radius 1 is 1.22 bits per heavy atom. The van der Waals surface area contributed by atoms with Crippen molar-refractivity contribution in [3.05, 3.63) is 27.4 Å². The molecule has 3 aliphatic heterocycles. The van der Waals surface area contributed by atoms with Gasteiger partial charge in [0.1, 0.15) is 11.0 Å². The summed E-state index contributed by atoms with van der Waals surface area (Å²) in [6.45, 7) is 15.3. The van der Waals surface area contributed by atoms with Gasteiger partial charge in [-0.2, -0.15) is 10.3 Å². The smallest absolute Gasteiger partial charge is 0.186 e. The number of hydrogen-bond acceptors (Lipinski definition) is 7. The summed E-state index contributed by atoms with van der Waals surface area (Å²) < 4.78 is 5.24. The number of aliphatic hydroxyl groups is 1. The molecule has 0 aliphatic carbocycles. The van der Waals surface area contributed by atoms with E-state index in [-0.39, 0.29) is 5.92 Å². The molecule has 4 rings (SSSR count). The molecule has 3 unspecified atom stereocenters. The number of halogens is 1. The second-order valence-corrected chi connectivity index (χ2v) is 10.5. The Morgan fingerprint density at radius 3 is 2.57 bits per heavy atom. The summed E-state index contributed by atoms with van der Waals surface area (Å²) in [4.78, 5) is 13.6. The molecule has 3 saturated heterocycles. The van der Waals surface area contributed by atoms with Crippen LogP contribution in [0.4, 0.5) is 0 Å². The molecular formula is C29H46ClN5O2. The Morgan fingerprint density at radius 2 is 1.92 bits per heavy atom. The number of hydrogen-bond donors (Lipinski definition) is 1. The van der Waals surface area contributed by atoms with Crippen LogP contribution in [0, 0.1) is 24.2 Å². The SMILES string of the molecule is C=c1c(C)c(Cl)nc/c1=C(/N=C(\C)OC)N1CCCC(C#N)CC1.CCC.OCC1CCC2CCCN12. The van der Waals surface area contributed by atoms with E-state index in [1.165, 1.54) is 38.6 Å². The standard InChI is InChI=1S/C18H23ClN4O.C8H15NO.C3H8/c1-12-13(2)17(19)21-11-16(12)18(22-14(3)24-4)23-8-5-6-15(10-20)7-9-23;10-6-8-4-3-7-2-1-5-9(7)8;1-3-2/h11,15H,1,5-9H2,2-4H3;7-8,10H,1-6H2;3H2,1-2H3/b18-16+,22-14+;;. The number of aliphatic hydroxyl groups excluding tert-OH is 1. The van der Waals surface area contributed by atoms with Crippen molar-refractivity contribution in [3.63, 3.8) is 0 Å².